The molecule has 0 spiro atoms. The molecule has 0 radical (unpaired) electrons. The van der Waals surface area contributed by atoms with Crippen LogP contribution in [0.25, 0.3) is 0 Å². The van der Waals surface area contributed by atoms with Crippen molar-refractivity contribution in [3.63, 3.8) is 0 Å². The smallest absolute Gasteiger partial charge is 0.0613 e. The lowest BCUT2D eigenvalue weighted by Gasteiger charge is -2.13. The zero-order valence-electron chi connectivity index (χ0n) is 7.61. The summed E-state index contributed by atoms with van der Waals surface area (Å²) >= 11 is 0. The predicted octanol–water partition coefficient (Wildman–Crippen LogP) is -0.00240. The second-order valence-corrected chi connectivity index (χ2v) is 3.63. The van der Waals surface area contributed by atoms with Crippen LogP contribution in [0.3, 0.4) is 0 Å². The van der Waals surface area contributed by atoms with Gasteiger partial charge in [0, 0.05) is 24.5 Å². The Morgan fingerprint density at radius 2 is 2.38 bits per heavy atom. The fourth-order valence-corrected chi connectivity index (χ4v) is 1.41. The van der Waals surface area contributed by atoms with E-state index in [2.05, 4.69) is 10.4 Å². The molecule has 0 saturated heterocycles. The van der Waals surface area contributed by atoms with E-state index in [1.54, 1.807) is 6.20 Å². The lowest BCUT2D eigenvalue weighted by atomic mass is 10.3. The van der Waals surface area contributed by atoms with Gasteiger partial charge in [-0.3, -0.25) is 4.68 Å². The maximum atomic E-state index is 9.03. The molecule has 0 aromatic carbocycles. The number of aromatic nitrogens is 2. The third-order valence-electron chi connectivity index (χ3n) is 2.56. The van der Waals surface area contributed by atoms with Gasteiger partial charge in [-0.2, -0.15) is 5.10 Å². The predicted molar refractivity (Wildman–Crippen MR) is 49.3 cm³/mol. The minimum absolute atomic E-state index is 0.0488. The molecule has 0 atom stereocenters. The van der Waals surface area contributed by atoms with Gasteiger partial charge in [0.1, 0.15) is 0 Å². The van der Waals surface area contributed by atoms with Gasteiger partial charge >= 0.3 is 0 Å². The molecular formula is C9H15N3O. The normalized spacial score (nSPS) is 18.8. The molecule has 0 amide bonds. The van der Waals surface area contributed by atoms with Crippen molar-refractivity contribution in [2.24, 2.45) is 0 Å². The molecule has 1 aromatic heterocycles. The summed E-state index contributed by atoms with van der Waals surface area (Å²) in [6.07, 6.45) is 5.92. The van der Waals surface area contributed by atoms with Crippen molar-refractivity contribution in [2.45, 2.75) is 24.9 Å². The Morgan fingerprint density at radius 3 is 2.92 bits per heavy atom. The molecule has 1 fully saturated rings. The SMILES string of the molecule is OCC1(NCCn2cccn2)CC1. The Labute approximate surface area is 77.6 Å². The molecule has 1 saturated carbocycles. The summed E-state index contributed by atoms with van der Waals surface area (Å²) in [6.45, 7) is 2.00. The summed E-state index contributed by atoms with van der Waals surface area (Å²) in [5.74, 6) is 0. The van der Waals surface area contributed by atoms with E-state index in [0.717, 1.165) is 25.9 Å². The molecule has 0 aliphatic heterocycles. The fraction of sp³-hybridized carbons (Fsp3) is 0.667. The summed E-state index contributed by atoms with van der Waals surface area (Å²) in [5, 5.41) is 16.5. The number of hydrogen-bond acceptors (Lipinski definition) is 3. The van der Waals surface area contributed by atoms with Crippen LogP contribution >= 0.6 is 0 Å². The number of rotatable bonds is 5. The standard InChI is InChI=1S/C9H15N3O/c13-8-9(2-3-9)10-5-7-12-6-1-4-11-12/h1,4,6,10,13H,2-3,5,7-8H2. The molecule has 1 heterocycles. The van der Waals surface area contributed by atoms with Crippen LogP contribution in [0.15, 0.2) is 18.5 Å². The first-order valence-corrected chi connectivity index (χ1v) is 4.68. The van der Waals surface area contributed by atoms with Crippen LogP contribution in [0.2, 0.25) is 0 Å². The van der Waals surface area contributed by atoms with E-state index in [1.807, 2.05) is 16.9 Å². The van der Waals surface area contributed by atoms with E-state index in [1.165, 1.54) is 0 Å². The van der Waals surface area contributed by atoms with Crippen LogP contribution in [-0.4, -0.2) is 33.6 Å². The summed E-state index contributed by atoms with van der Waals surface area (Å²) in [6, 6.07) is 1.92. The molecule has 1 aromatic rings. The molecule has 2 N–H and O–H groups in total. The zero-order valence-corrected chi connectivity index (χ0v) is 7.61. The van der Waals surface area contributed by atoms with Gasteiger partial charge in [0.25, 0.3) is 0 Å². The highest BCUT2D eigenvalue weighted by Crippen LogP contribution is 2.34. The van der Waals surface area contributed by atoms with E-state index in [-0.39, 0.29) is 12.1 Å². The van der Waals surface area contributed by atoms with Crippen molar-refractivity contribution in [1.82, 2.24) is 15.1 Å². The van der Waals surface area contributed by atoms with Crippen molar-refractivity contribution in [3.8, 4) is 0 Å². The summed E-state index contributed by atoms with van der Waals surface area (Å²) in [7, 11) is 0. The van der Waals surface area contributed by atoms with E-state index in [4.69, 9.17) is 5.11 Å². The third kappa shape index (κ3) is 2.08. The summed E-state index contributed by atoms with van der Waals surface area (Å²) < 4.78 is 1.89. The van der Waals surface area contributed by atoms with Gasteiger partial charge in [0.15, 0.2) is 0 Å². The van der Waals surface area contributed by atoms with Crippen molar-refractivity contribution in [1.29, 1.82) is 0 Å². The second kappa shape index (κ2) is 3.47. The molecule has 0 bridgehead atoms. The molecule has 1 aliphatic rings. The van der Waals surface area contributed by atoms with Crippen LogP contribution in [0.1, 0.15) is 12.8 Å². The molecule has 72 valence electrons. The van der Waals surface area contributed by atoms with E-state index in [9.17, 15) is 0 Å². The van der Waals surface area contributed by atoms with Gasteiger partial charge in [-0.15, -0.1) is 0 Å². The topological polar surface area (TPSA) is 50.1 Å². The number of nitrogens with zero attached hydrogens (tertiary/aromatic N) is 2. The van der Waals surface area contributed by atoms with Gasteiger partial charge in [-0.05, 0) is 18.9 Å². The van der Waals surface area contributed by atoms with Crippen molar-refractivity contribution >= 4 is 0 Å². The lowest BCUT2D eigenvalue weighted by Crippen LogP contribution is -2.36. The molecule has 4 nitrogen and oxygen atoms in total. The van der Waals surface area contributed by atoms with Crippen molar-refractivity contribution in [2.75, 3.05) is 13.2 Å². The maximum absolute atomic E-state index is 9.03. The number of nitrogens with one attached hydrogen (secondary N) is 1. The first-order chi connectivity index (χ1) is 6.35. The van der Waals surface area contributed by atoms with Crippen LogP contribution in [0.5, 0.6) is 0 Å². The van der Waals surface area contributed by atoms with Gasteiger partial charge in [-0.1, -0.05) is 0 Å². The number of aliphatic hydroxyl groups is 1. The van der Waals surface area contributed by atoms with Gasteiger partial charge in [-0.25, -0.2) is 0 Å². The maximum Gasteiger partial charge on any atom is 0.0613 e. The molecule has 4 heteroatoms. The highest BCUT2D eigenvalue weighted by Gasteiger charge is 2.41. The Morgan fingerprint density at radius 1 is 1.54 bits per heavy atom. The van der Waals surface area contributed by atoms with E-state index in [0.29, 0.717) is 0 Å². The summed E-state index contributed by atoms with van der Waals surface area (Å²) in [5.41, 5.74) is 0.0488. The average Bonchev–Trinajstić information content (AvgIpc) is 2.74. The Hall–Kier alpha value is -0.870. The van der Waals surface area contributed by atoms with Crippen molar-refractivity contribution in [3.05, 3.63) is 18.5 Å². The largest absolute Gasteiger partial charge is 0.394 e. The number of aliphatic hydroxyl groups excluding tert-OH is 1. The molecule has 13 heavy (non-hydrogen) atoms. The Bertz CT molecular complexity index is 254. The van der Waals surface area contributed by atoms with Gasteiger partial charge in [0.05, 0.1) is 13.2 Å². The van der Waals surface area contributed by atoms with E-state index < -0.39 is 0 Å². The molecule has 1 aliphatic carbocycles. The highest BCUT2D eigenvalue weighted by molar-refractivity contribution is 5.01. The zero-order chi connectivity index (χ0) is 9.15. The van der Waals surface area contributed by atoms with Crippen molar-refractivity contribution < 1.29 is 5.11 Å². The lowest BCUT2D eigenvalue weighted by molar-refractivity contribution is 0.229. The first-order valence-electron chi connectivity index (χ1n) is 4.68. The minimum Gasteiger partial charge on any atom is -0.394 e. The van der Waals surface area contributed by atoms with Crippen LogP contribution in [-0.2, 0) is 6.54 Å². The second-order valence-electron chi connectivity index (χ2n) is 3.63. The van der Waals surface area contributed by atoms with Gasteiger partial charge in [0.2, 0.25) is 0 Å². The summed E-state index contributed by atoms with van der Waals surface area (Å²) in [4.78, 5) is 0. The highest BCUT2D eigenvalue weighted by atomic mass is 16.3. The fourth-order valence-electron chi connectivity index (χ4n) is 1.41. The molecule has 0 unspecified atom stereocenters. The minimum atomic E-state index is 0.0488. The van der Waals surface area contributed by atoms with E-state index >= 15 is 0 Å². The third-order valence-corrected chi connectivity index (χ3v) is 2.56. The monoisotopic (exact) mass is 181 g/mol. The van der Waals surface area contributed by atoms with Gasteiger partial charge < -0.3 is 10.4 Å². The Balaban J connectivity index is 1.70. The number of hydrogen-bond donors (Lipinski definition) is 2. The first kappa shape index (κ1) is 8.72. The Kier molecular flexibility index (Phi) is 2.33. The average molecular weight is 181 g/mol. The molecule has 2 rings (SSSR count). The van der Waals surface area contributed by atoms with Crippen LogP contribution in [0.4, 0.5) is 0 Å². The quantitative estimate of drug-likeness (QED) is 0.672. The van der Waals surface area contributed by atoms with Crippen LogP contribution in [0, 0.1) is 0 Å². The molecular weight excluding hydrogens is 166 g/mol. The van der Waals surface area contributed by atoms with Crippen LogP contribution < -0.4 is 5.32 Å².